The van der Waals surface area contributed by atoms with Crippen molar-refractivity contribution < 1.29 is 14.4 Å². The van der Waals surface area contributed by atoms with E-state index >= 15 is 0 Å². The van der Waals surface area contributed by atoms with Gasteiger partial charge in [0.2, 0.25) is 11.8 Å². The molecule has 6 heteroatoms. The first kappa shape index (κ1) is 18.0. The molecule has 0 bridgehead atoms. The molecule has 3 amide bonds. The van der Waals surface area contributed by atoms with Crippen LogP contribution in [0.25, 0.3) is 0 Å². The fourth-order valence-corrected chi connectivity index (χ4v) is 2.78. The summed E-state index contributed by atoms with van der Waals surface area (Å²) in [6.45, 7) is 3.45. The Balaban J connectivity index is 1.59. The number of rotatable bonds is 6. The zero-order valence-corrected chi connectivity index (χ0v) is 14.1. The van der Waals surface area contributed by atoms with Crippen LogP contribution in [0.5, 0.6) is 0 Å². The minimum absolute atomic E-state index is 0.00485. The van der Waals surface area contributed by atoms with Crippen molar-refractivity contribution in [2.75, 3.05) is 19.6 Å². The average molecular weight is 331 g/mol. The monoisotopic (exact) mass is 331 g/mol. The van der Waals surface area contributed by atoms with E-state index in [4.69, 9.17) is 0 Å². The number of piperidine rings is 1. The molecule has 24 heavy (non-hydrogen) atoms. The number of benzene rings is 1. The summed E-state index contributed by atoms with van der Waals surface area (Å²) in [4.78, 5) is 36.9. The van der Waals surface area contributed by atoms with Crippen LogP contribution in [-0.2, 0) is 9.59 Å². The molecule has 1 aliphatic heterocycles. The number of carbonyl (C=O) groups is 3. The lowest BCUT2D eigenvalue weighted by Gasteiger charge is -2.31. The minimum atomic E-state index is -0.118. The van der Waals surface area contributed by atoms with Crippen LogP contribution in [0, 0.1) is 0 Å². The van der Waals surface area contributed by atoms with Gasteiger partial charge in [0.05, 0.1) is 0 Å². The summed E-state index contributed by atoms with van der Waals surface area (Å²) in [6, 6.07) is 9.17. The summed E-state index contributed by atoms with van der Waals surface area (Å²) in [6.07, 6.45) is 2.60. The van der Waals surface area contributed by atoms with Crippen molar-refractivity contribution in [1.29, 1.82) is 0 Å². The van der Waals surface area contributed by atoms with Gasteiger partial charge in [0, 0.05) is 44.6 Å². The largest absolute Gasteiger partial charge is 0.353 e. The van der Waals surface area contributed by atoms with Crippen molar-refractivity contribution in [3.63, 3.8) is 0 Å². The van der Waals surface area contributed by atoms with Crippen LogP contribution in [0.1, 0.15) is 43.0 Å². The van der Waals surface area contributed by atoms with Crippen molar-refractivity contribution in [2.24, 2.45) is 0 Å². The number of amides is 3. The van der Waals surface area contributed by atoms with Gasteiger partial charge in [-0.05, 0) is 31.4 Å². The molecule has 1 aromatic rings. The van der Waals surface area contributed by atoms with Gasteiger partial charge >= 0.3 is 0 Å². The van der Waals surface area contributed by atoms with Crippen molar-refractivity contribution in [2.45, 2.75) is 38.6 Å². The predicted octanol–water partition coefficient (Wildman–Crippen LogP) is 1.32. The first-order valence-electron chi connectivity index (χ1n) is 8.44. The van der Waals surface area contributed by atoms with Gasteiger partial charge in [-0.15, -0.1) is 0 Å². The Hall–Kier alpha value is -2.37. The molecule has 6 nitrogen and oxygen atoms in total. The zero-order chi connectivity index (χ0) is 17.4. The van der Waals surface area contributed by atoms with Crippen molar-refractivity contribution >= 4 is 17.7 Å². The van der Waals surface area contributed by atoms with Gasteiger partial charge in [0.25, 0.3) is 5.91 Å². The van der Waals surface area contributed by atoms with Crippen LogP contribution >= 0.6 is 0 Å². The molecule has 1 fully saturated rings. The molecule has 0 unspecified atom stereocenters. The Morgan fingerprint density at radius 3 is 2.42 bits per heavy atom. The summed E-state index contributed by atoms with van der Waals surface area (Å²) in [5, 5.41) is 5.82. The van der Waals surface area contributed by atoms with Gasteiger partial charge in [-0.2, -0.15) is 0 Å². The van der Waals surface area contributed by atoms with Gasteiger partial charge in [-0.3, -0.25) is 14.4 Å². The Morgan fingerprint density at radius 2 is 1.79 bits per heavy atom. The summed E-state index contributed by atoms with van der Waals surface area (Å²) in [7, 11) is 0. The van der Waals surface area contributed by atoms with Gasteiger partial charge in [-0.25, -0.2) is 0 Å². The summed E-state index contributed by atoms with van der Waals surface area (Å²) in [5.74, 6) is -0.0215. The Morgan fingerprint density at radius 1 is 1.12 bits per heavy atom. The summed E-state index contributed by atoms with van der Waals surface area (Å²) >= 11 is 0. The molecule has 2 rings (SSSR count). The van der Waals surface area contributed by atoms with Crippen molar-refractivity contribution in [3.8, 4) is 0 Å². The third-order valence-corrected chi connectivity index (χ3v) is 4.21. The lowest BCUT2D eigenvalue weighted by Crippen LogP contribution is -2.46. The van der Waals surface area contributed by atoms with Gasteiger partial charge in [0.15, 0.2) is 0 Å². The quantitative estimate of drug-likeness (QED) is 0.772. The summed E-state index contributed by atoms with van der Waals surface area (Å²) < 4.78 is 0. The highest BCUT2D eigenvalue weighted by Gasteiger charge is 2.21. The molecule has 2 N–H and O–H groups in total. The van der Waals surface area contributed by atoms with E-state index in [9.17, 15) is 14.4 Å². The van der Waals surface area contributed by atoms with Gasteiger partial charge < -0.3 is 15.5 Å². The molecule has 1 aliphatic rings. The molecular formula is C18H25N3O3. The van der Waals surface area contributed by atoms with Crippen molar-refractivity contribution in [3.05, 3.63) is 35.9 Å². The van der Waals surface area contributed by atoms with Crippen LogP contribution in [0.3, 0.4) is 0 Å². The second-order valence-corrected chi connectivity index (χ2v) is 6.07. The second-order valence-electron chi connectivity index (χ2n) is 6.07. The standard InChI is InChI=1S/C18H25N3O3/c1-14(22)21-12-9-16(10-13-21)20-17(23)8-5-11-19-18(24)15-6-3-2-4-7-15/h2-4,6-7,16H,5,8-13H2,1H3,(H,19,24)(H,20,23). The molecule has 1 heterocycles. The van der Waals surface area contributed by atoms with Gasteiger partial charge in [-0.1, -0.05) is 18.2 Å². The van der Waals surface area contributed by atoms with E-state index in [-0.39, 0.29) is 23.8 Å². The van der Waals surface area contributed by atoms with Crippen molar-refractivity contribution in [1.82, 2.24) is 15.5 Å². The third kappa shape index (κ3) is 5.68. The van der Waals surface area contributed by atoms with Crippen LogP contribution in [0.4, 0.5) is 0 Å². The number of nitrogens with zero attached hydrogens (tertiary/aromatic N) is 1. The highest BCUT2D eigenvalue weighted by Crippen LogP contribution is 2.10. The normalized spacial score (nSPS) is 15.0. The highest BCUT2D eigenvalue weighted by molar-refractivity contribution is 5.94. The Labute approximate surface area is 142 Å². The maximum atomic E-state index is 11.9. The molecule has 0 spiro atoms. The van der Waals surface area contributed by atoms with E-state index < -0.39 is 0 Å². The first-order valence-corrected chi connectivity index (χ1v) is 8.44. The lowest BCUT2D eigenvalue weighted by molar-refractivity contribution is -0.130. The van der Waals surface area contributed by atoms with E-state index in [1.54, 1.807) is 19.1 Å². The Kier molecular flexibility index (Phi) is 6.78. The predicted molar refractivity (Wildman–Crippen MR) is 91.4 cm³/mol. The maximum absolute atomic E-state index is 11.9. The fraction of sp³-hybridized carbons (Fsp3) is 0.500. The topological polar surface area (TPSA) is 78.5 Å². The zero-order valence-electron chi connectivity index (χ0n) is 14.1. The lowest BCUT2D eigenvalue weighted by atomic mass is 10.0. The van der Waals surface area contributed by atoms with E-state index in [0.29, 0.717) is 38.0 Å². The Bertz CT molecular complexity index is 566. The summed E-state index contributed by atoms with van der Waals surface area (Å²) in [5.41, 5.74) is 0.624. The molecule has 1 aromatic carbocycles. The minimum Gasteiger partial charge on any atom is -0.353 e. The third-order valence-electron chi connectivity index (χ3n) is 4.21. The fourth-order valence-electron chi connectivity index (χ4n) is 2.78. The number of likely N-dealkylation sites (tertiary alicyclic amines) is 1. The SMILES string of the molecule is CC(=O)N1CCC(NC(=O)CCCNC(=O)c2ccccc2)CC1. The number of hydrogen-bond donors (Lipinski definition) is 2. The number of nitrogens with one attached hydrogen (secondary N) is 2. The highest BCUT2D eigenvalue weighted by atomic mass is 16.2. The van der Waals surface area contributed by atoms with E-state index in [1.165, 1.54) is 0 Å². The molecule has 0 radical (unpaired) electrons. The molecule has 130 valence electrons. The molecule has 1 saturated heterocycles. The number of carbonyl (C=O) groups excluding carboxylic acids is 3. The van der Waals surface area contributed by atoms with Crippen LogP contribution in [0.15, 0.2) is 30.3 Å². The molecule has 0 atom stereocenters. The smallest absolute Gasteiger partial charge is 0.251 e. The van der Waals surface area contributed by atoms with E-state index in [0.717, 1.165) is 12.8 Å². The van der Waals surface area contributed by atoms with E-state index in [2.05, 4.69) is 10.6 Å². The second kappa shape index (κ2) is 9.05. The number of hydrogen-bond acceptors (Lipinski definition) is 3. The average Bonchev–Trinajstić information content (AvgIpc) is 2.59. The van der Waals surface area contributed by atoms with Crippen LogP contribution < -0.4 is 10.6 Å². The molecule has 0 saturated carbocycles. The van der Waals surface area contributed by atoms with Gasteiger partial charge in [0.1, 0.15) is 0 Å². The molecule has 0 aliphatic carbocycles. The maximum Gasteiger partial charge on any atom is 0.251 e. The first-order chi connectivity index (χ1) is 11.6. The molecular weight excluding hydrogens is 306 g/mol. The van der Waals surface area contributed by atoms with E-state index in [1.807, 2.05) is 23.1 Å². The molecule has 0 aromatic heterocycles. The van der Waals surface area contributed by atoms with Crippen LogP contribution in [-0.4, -0.2) is 48.3 Å². The van der Waals surface area contributed by atoms with Crippen LogP contribution in [0.2, 0.25) is 0 Å².